The molecule has 0 bridgehead atoms. The Balaban J connectivity index is 2.14. The summed E-state index contributed by atoms with van der Waals surface area (Å²) >= 11 is 0. The first-order chi connectivity index (χ1) is 11.1. The summed E-state index contributed by atoms with van der Waals surface area (Å²) in [7, 11) is 0. The summed E-state index contributed by atoms with van der Waals surface area (Å²) in [5.41, 5.74) is 0.813. The third kappa shape index (κ3) is 4.95. The molecular weight excluding hydrogens is 296 g/mol. The molecule has 1 heterocycles. The number of carboxylic acid groups (broad SMARTS) is 1. The lowest BCUT2D eigenvalue weighted by Gasteiger charge is -2.21. The van der Waals surface area contributed by atoms with Crippen LogP contribution in [0, 0.1) is 0 Å². The van der Waals surface area contributed by atoms with Crippen LogP contribution in [0.15, 0.2) is 36.4 Å². The van der Waals surface area contributed by atoms with E-state index in [2.05, 4.69) is 5.32 Å². The van der Waals surface area contributed by atoms with Crippen molar-refractivity contribution in [1.82, 2.24) is 4.90 Å². The molecule has 0 atom stereocenters. The number of hydrogen-bond acceptors (Lipinski definition) is 3. The van der Waals surface area contributed by atoms with Gasteiger partial charge in [-0.3, -0.25) is 9.59 Å². The molecule has 1 saturated heterocycles. The highest BCUT2D eigenvalue weighted by molar-refractivity contribution is 6.07. The van der Waals surface area contributed by atoms with Crippen LogP contribution >= 0.6 is 0 Å². The molecule has 1 aromatic rings. The van der Waals surface area contributed by atoms with Crippen LogP contribution in [0.3, 0.4) is 0 Å². The summed E-state index contributed by atoms with van der Waals surface area (Å²) in [6, 6.07) is 6.77. The topological polar surface area (TPSA) is 86.7 Å². The number of aliphatic carboxylic acids is 1. The van der Waals surface area contributed by atoms with Gasteiger partial charge in [-0.2, -0.15) is 0 Å². The molecule has 0 radical (unpaired) electrons. The predicted octanol–water partition coefficient (Wildman–Crippen LogP) is 2.28. The van der Waals surface area contributed by atoms with E-state index in [0.717, 1.165) is 50.9 Å². The van der Waals surface area contributed by atoms with E-state index in [1.165, 1.54) is 0 Å². The molecule has 0 saturated carbocycles. The molecule has 1 aromatic carbocycles. The molecule has 0 unspecified atom stereocenters. The maximum absolute atomic E-state index is 12.7. The fourth-order valence-electron chi connectivity index (χ4n) is 2.54. The first kappa shape index (κ1) is 16.7. The third-order valence-electron chi connectivity index (χ3n) is 3.69. The fraction of sp³-hybridized carbons (Fsp3) is 0.353. The van der Waals surface area contributed by atoms with Gasteiger partial charge in [0.05, 0.1) is 11.3 Å². The van der Waals surface area contributed by atoms with Crippen LogP contribution in [-0.4, -0.2) is 40.9 Å². The average molecular weight is 316 g/mol. The number of likely N-dealkylation sites (tertiary alicyclic amines) is 1. The van der Waals surface area contributed by atoms with Crippen molar-refractivity contribution in [3.8, 4) is 0 Å². The molecule has 2 rings (SSSR count). The first-order valence-corrected chi connectivity index (χ1v) is 7.68. The van der Waals surface area contributed by atoms with Gasteiger partial charge in [0.2, 0.25) is 5.91 Å². The molecule has 1 aliphatic heterocycles. The van der Waals surface area contributed by atoms with Gasteiger partial charge in [0.1, 0.15) is 0 Å². The van der Waals surface area contributed by atoms with E-state index in [4.69, 9.17) is 5.11 Å². The molecule has 0 aromatic heterocycles. The number of carbonyl (C=O) groups excluding carboxylic acids is 2. The van der Waals surface area contributed by atoms with E-state index in [0.29, 0.717) is 11.3 Å². The number of para-hydroxylation sites is 1. The number of anilines is 1. The van der Waals surface area contributed by atoms with Crippen molar-refractivity contribution in [2.45, 2.75) is 25.7 Å². The van der Waals surface area contributed by atoms with E-state index in [1.807, 2.05) is 4.90 Å². The van der Waals surface area contributed by atoms with Crippen LogP contribution in [0.1, 0.15) is 36.0 Å². The highest BCUT2D eigenvalue weighted by Gasteiger charge is 2.20. The Morgan fingerprint density at radius 3 is 2.30 bits per heavy atom. The number of hydrogen-bond donors (Lipinski definition) is 2. The summed E-state index contributed by atoms with van der Waals surface area (Å²) < 4.78 is 0. The summed E-state index contributed by atoms with van der Waals surface area (Å²) in [5, 5.41) is 11.1. The number of nitrogens with zero attached hydrogens (tertiary/aromatic N) is 1. The number of carbonyl (C=O) groups is 3. The standard InChI is InChI=1S/C17H20N2O4/c20-15(9-10-16(21)22)18-14-8-4-3-7-13(14)17(23)19-11-5-1-2-6-12-19/h3-4,7-10H,1-2,5-6,11-12H2,(H,18,20)(H,21,22)/b10-9+. The molecule has 0 spiro atoms. The van der Waals surface area contributed by atoms with E-state index >= 15 is 0 Å². The molecule has 1 fully saturated rings. The van der Waals surface area contributed by atoms with Gasteiger partial charge in [0.15, 0.2) is 0 Å². The van der Waals surface area contributed by atoms with Crippen molar-refractivity contribution in [3.05, 3.63) is 42.0 Å². The molecule has 2 N–H and O–H groups in total. The molecule has 23 heavy (non-hydrogen) atoms. The van der Waals surface area contributed by atoms with Gasteiger partial charge in [-0.05, 0) is 25.0 Å². The zero-order valence-corrected chi connectivity index (χ0v) is 12.8. The smallest absolute Gasteiger partial charge is 0.328 e. The Bertz CT molecular complexity index is 617. The Hall–Kier alpha value is -2.63. The second-order valence-corrected chi connectivity index (χ2v) is 5.41. The van der Waals surface area contributed by atoms with Gasteiger partial charge in [-0.1, -0.05) is 25.0 Å². The van der Waals surface area contributed by atoms with Gasteiger partial charge in [0.25, 0.3) is 5.91 Å². The number of amides is 2. The van der Waals surface area contributed by atoms with E-state index in [-0.39, 0.29) is 5.91 Å². The minimum absolute atomic E-state index is 0.106. The number of nitrogens with one attached hydrogen (secondary N) is 1. The third-order valence-corrected chi connectivity index (χ3v) is 3.69. The van der Waals surface area contributed by atoms with E-state index in [9.17, 15) is 14.4 Å². The number of benzene rings is 1. The zero-order chi connectivity index (χ0) is 16.7. The van der Waals surface area contributed by atoms with E-state index in [1.54, 1.807) is 24.3 Å². The Labute approximate surface area is 134 Å². The van der Waals surface area contributed by atoms with Crippen LogP contribution in [0.25, 0.3) is 0 Å². The van der Waals surface area contributed by atoms with Crippen molar-refractivity contribution in [2.75, 3.05) is 18.4 Å². The number of rotatable bonds is 4. The second-order valence-electron chi connectivity index (χ2n) is 5.41. The average Bonchev–Trinajstić information content (AvgIpc) is 2.82. The van der Waals surface area contributed by atoms with Crippen molar-refractivity contribution in [2.24, 2.45) is 0 Å². The molecule has 122 valence electrons. The Kier molecular flexibility index (Phi) is 5.91. The summed E-state index contributed by atoms with van der Waals surface area (Å²) in [4.78, 5) is 36.7. The lowest BCUT2D eigenvalue weighted by Crippen LogP contribution is -2.32. The van der Waals surface area contributed by atoms with Gasteiger partial charge < -0.3 is 15.3 Å². The molecule has 0 aliphatic carbocycles. The molecule has 6 heteroatoms. The molecular formula is C17H20N2O4. The monoisotopic (exact) mass is 316 g/mol. The van der Waals surface area contributed by atoms with Crippen LogP contribution < -0.4 is 5.32 Å². The first-order valence-electron chi connectivity index (χ1n) is 7.68. The van der Waals surface area contributed by atoms with Crippen molar-refractivity contribution in [1.29, 1.82) is 0 Å². The molecule has 6 nitrogen and oxygen atoms in total. The van der Waals surface area contributed by atoms with Crippen LogP contribution in [0.5, 0.6) is 0 Å². The second kappa shape index (κ2) is 8.12. The number of carboxylic acids is 1. The summed E-state index contributed by atoms with van der Waals surface area (Å²) in [5.74, 6) is -1.89. The Morgan fingerprint density at radius 2 is 1.65 bits per heavy atom. The highest BCUT2D eigenvalue weighted by atomic mass is 16.4. The van der Waals surface area contributed by atoms with Crippen molar-refractivity contribution < 1.29 is 19.5 Å². The minimum atomic E-state index is -1.20. The maximum atomic E-state index is 12.7. The maximum Gasteiger partial charge on any atom is 0.328 e. The van der Waals surface area contributed by atoms with Crippen molar-refractivity contribution >= 4 is 23.5 Å². The normalized spacial score (nSPS) is 15.2. The minimum Gasteiger partial charge on any atom is -0.478 e. The predicted molar refractivity (Wildman–Crippen MR) is 86.2 cm³/mol. The fourth-order valence-corrected chi connectivity index (χ4v) is 2.54. The highest BCUT2D eigenvalue weighted by Crippen LogP contribution is 2.20. The van der Waals surface area contributed by atoms with Gasteiger partial charge in [0, 0.05) is 25.2 Å². The van der Waals surface area contributed by atoms with Gasteiger partial charge >= 0.3 is 5.97 Å². The molecule has 2 amide bonds. The summed E-state index contributed by atoms with van der Waals surface area (Å²) in [6.07, 6.45) is 5.91. The zero-order valence-electron chi connectivity index (χ0n) is 12.8. The van der Waals surface area contributed by atoms with Gasteiger partial charge in [-0.25, -0.2) is 4.79 Å². The quantitative estimate of drug-likeness (QED) is 0.834. The van der Waals surface area contributed by atoms with Crippen molar-refractivity contribution in [3.63, 3.8) is 0 Å². The van der Waals surface area contributed by atoms with E-state index < -0.39 is 11.9 Å². The van der Waals surface area contributed by atoms with Crippen LogP contribution in [0.2, 0.25) is 0 Å². The molecule has 1 aliphatic rings. The lowest BCUT2D eigenvalue weighted by atomic mass is 10.1. The SMILES string of the molecule is O=C(O)/C=C/C(=O)Nc1ccccc1C(=O)N1CCCCCC1. The van der Waals surface area contributed by atoms with Crippen LogP contribution in [0.4, 0.5) is 5.69 Å². The summed E-state index contributed by atoms with van der Waals surface area (Å²) in [6.45, 7) is 1.44. The van der Waals surface area contributed by atoms with Crippen LogP contribution in [-0.2, 0) is 9.59 Å². The largest absolute Gasteiger partial charge is 0.478 e. The lowest BCUT2D eigenvalue weighted by molar-refractivity contribution is -0.131. The Morgan fingerprint density at radius 1 is 1.00 bits per heavy atom. The van der Waals surface area contributed by atoms with Gasteiger partial charge in [-0.15, -0.1) is 0 Å².